The first-order chi connectivity index (χ1) is 7.68. The highest BCUT2D eigenvalue weighted by Gasteiger charge is 2.27. The zero-order valence-electron chi connectivity index (χ0n) is 9.09. The molecule has 2 rings (SSSR count). The van der Waals surface area contributed by atoms with Crippen LogP contribution in [0.15, 0.2) is 60.7 Å². The summed E-state index contributed by atoms with van der Waals surface area (Å²) in [6, 6.07) is 18.2. The summed E-state index contributed by atoms with van der Waals surface area (Å²) < 4.78 is 5.43. The maximum absolute atomic E-state index is 12.3. The van der Waals surface area contributed by atoms with Gasteiger partial charge in [0, 0.05) is 12.5 Å². The van der Waals surface area contributed by atoms with Gasteiger partial charge in [0.05, 0.1) is 0 Å². The maximum Gasteiger partial charge on any atom is 0.264 e. The number of ether oxygens (including phenoxy) is 1. The average Bonchev–Trinajstić information content (AvgIpc) is 2.31. The van der Waals surface area contributed by atoms with Gasteiger partial charge in [-0.2, -0.15) is 5.11 Å². The molecule has 0 aliphatic carbocycles. The molecule has 0 heterocycles. The van der Waals surface area contributed by atoms with Crippen LogP contribution in [0.5, 0.6) is 5.75 Å². The molecule has 2 nitrogen and oxygen atoms in total. The Morgan fingerprint density at radius 2 is 1.38 bits per heavy atom. The van der Waals surface area contributed by atoms with Gasteiger partial charge in [0.2, 0.25) is 0 Å². The van der Waals surface area contributed by atoms with Gasteiger partial charge in [0.25, 0.3) is 5.79 Å². The Balaban J connectivity index is 2.21. The van der Waals surface area contributed by atoms with E-state index in [9.17, 15) is 5.11 Å². The third-order valence-corrected chi connectivity index (χ3v) is 2.35. The zero-order chi connectivity index (χ0) is 11.4. The summed E-state index contributed by atoms with van der Waals surface area (Å²) in [6.07, 6.45) is 0. The lowest BCUT2D eigenvalue weighted by atomic mass is 10.1. The molecule has 2 heteroatoms. The molecule has 0 aromatic heterocycles. The van der Waals surface area contributed by atoms with Crippen LogP contribution in [-0.2, 0) is 10.9 Å². The molecule has 0 spiro atoms. The molecule has 0 amide bonds. The van der Waals surface area contributed by atoms with Crippen LogP contribution in [-0.4, -0.2) is 0 Å². The molecule has 0 saturated heterocycles. The second-order valence-corrected chi connectivity index (χ2v) is 3.73. The van der Waals surface area contributed by atoms with Crippen molar-refractivity contribution >= 4 is 0 Å². The van der Waals surface area contributed by atoms with E-state index in [-0.39, 0.29) is 0 Å². The van der Waals surface area contributed by atoms with E-state index >= 15 is 0 Å². The zero-order valence-corrected chi connectivity index (χ0v) is 9.09. The minimum atomic E-state index is -1.55. The SMILES string of the molecule is CC([O])(Oc1ccccc1)c1ccccc1. The van der Waals surface area contributed by atoms with Crippen molar-refractivity contribution in [2.45, 2.75) is 12.7 Å². The largest absolute Gasteiger partial charge is 0.456 e. The van der Waals surface area contributed by atoms with E-state index in [4.69, 9.17) is 4.74 Å². The van der Waals surface area contributed by atoms with E-state index in [0.29, 0.717) is 11.3 Å². The van der Waals surface area contributed by atoms with Crippen molar-refractivity contribution in [3.05, 3.63) is 66.2 Å². The molecule has 0 saturated carbocycles. The van der Waals surface area contributed by atoms with Gasteiger partial charge < -0.3 is 4.74 Å². The predicted octanol–water partition coefficient (Wildman–Crippen LogP) is 3.37. The first-order valence-corrected chi connectivity index (χ1v) is 5.18. The number of benzene rings is 2. The van der Waals surface area contributed by atoms with Crippen molar-refractivity contribution in [2.24, 2.45) is 0 Å². The first kappa shape index (κ1) is 10.7. The molecule has 0 fully saturated rings. The summed E-state index contributed by atoms with van der Waals surface area (Å²) in [7, 11) is 0. The highest BCUT2D eigenvalue weighted by atomic mass is 16.6. The van der Waals surface area contributed by atoms with Crippen LogP contribution in [0.2, 0.25) is 0 Å². The van der Waals surface area contributed by atoms with Crippen LogP contribution in [0.4, 0.5) is 0 Å². The normalized spacial score (nSPS) is 14.1. The van der Waals surface area contributed by atoms with Gasteiger partial charge in [0.1, 0.15) is 5.75 Å². The molecule has 1 unspecified atom stereocenters. The van der Waals surface area contributed by atoms with Gasteiger partial charge in [-0.05, 0) is 12.1 Å². The van der Waals surface area contributed by atoms with Crippen molar-refractivity contribution < 1.29 is 9.84 Å². The smallest absolute Gasteiger partial charge is 0.264 e. The van der Waals surface area contributed by atoms with Crippen LogP contribution in [0.25, 0.3) is 0 Å². The van der Waals surface area contributed by atoms with Gasteiger partial charge in [-0.25, -0.2) is 0 Å². The lowest BCUT2D eigenvalue weighted by molar-refractivity contribution is -0.177. The van der Waals surface area contributed by atoms with E-state index in [1.54, 1.807) is 24.3 Å². The summed E-state index contributed by atoms with van der Waals surface area (Å²) in [4.78, 5) is 0. The molecule has 1 atom stereocenters. The third kappa shape index (κ3) is 2.41. The van der Waals surface area contributed by atoms with Crippen LogP contribution in [0.3, 0.4) is 0 Å². The van der Waals surface area contributed by atoms with E-state index < -0.39 is 5.79 Å². The Labute approximate surface area is 95.1 Å². The average molecular weight is 213 g/mol. The van der Waals surface area contributed by atoms with Gasteiger partial charge in [-0.3, -0.25) is 0 Å². The van der Waals surface area contributed by atoms with Crippen molar-refractivity contribution in [2.75, 3.05) is 0 Å². The standard InChI is InChI=1S/C14H13O2/c1-14(15,12-8-4-2-5-9-12)16-13-10-6-3-7-11-13/h2-11H,1H3. The summed E-state index contributed by atoms with van der Waals surface area (Å²) >= 11 is 0. The Morgan fingerprint density at radius 1 is 0.875 bits per heavy atom. The molecular weight excluding hydrogens is 200 g/mol. The molecule has 0 N–H and O–H groups in total. The van der Waals surface area contributed by atoms with Crippen LogP contribution in [0.1, 0.15) is 12.5 Å². The second kappa shape index (κ2) is 4.37. The third-order valence-electron chi connectivity index (χ3n) is 2.35. The summed E-state index contributed by atoms with van der Waals surface area (Å²) in [5, 5.41) is 12.3. The number of hydrogen-bond donors (Lipinski definition) is 0. The van der Waals surface area contributed by atoms with Crippen molar-refractivity contribution in [3.63, 3.8) is 0 Å². The molecule has 1 radical (unpaired) electrons. The van der Waals surface area contributed by atoms with E-state index in [2.05, 4.69) is 0 Å². The minimum Gasteiger partial charge on any atom is -0.456 e. The van der Waals surface area contributed by atoms with Crippen LogP contribution < -0.4 is 4.74 Å². The van der Waals surface area contributed by atoms with E-state index in [0.717, 1.165) is 0 Å². The van der Waals surface area contributed by atoms with Crippen molar-refractivity contribution in [1.82, 2.24) is 0 Å². The molecule has 0 aliphatic heterocycles. The number of para-hydroxylation sites is 1. The maximum atomic E-state index is 12.3. The monoisotopic (exact) mass is 213 g/mol. The van der Waals surface area contributed by atoms with Crippen LogP contribution >= 0.6 is 0 Å². The minimum absolute atomic E-state index is 0.587. The summed E-state index contributed by atoms with van der Waals surface area (Å²) in [5.74, 6) is -0.966. The number of hydrogen-bond acceptors (Lipinski definition) is 1. The van der Waals surface area contributed by atoms with Gasteiger partial charge in [0.15, 0.2) is 0 Å². The fraction of sp³-hybridized carbons (Fsp3) is 0.143. The molecule has 0 aliphatic rings. The van der Waals surface area contributed by atoms with Crippen molar-refractivity contribution in [3.8, 4) is 5.75 Å². The highest BCUT2D eigenvalue weighted by Crippen LogP contribution is 2.25. The van der Waals surface area contributed by atoms with Crippen LogP contribution in [0, 0.1) is 0 Å². The lowest BCUT2D eigenvalue weighted by Gasteiger charge is -2.22. The van der Waals surface area contributed by atoms with Crippen molar-refractivity contribution in [1.29, 1.82) is 0 Å². The molecule has 16 heavy (non-hydrogen) atoms. The summed E-state index contributed by atoms with van der Waals surface area (Å²) in [6.45, 7) is 1.52. The molecular formula is C14H13O2. The molecule has 0 bridgehead atoms. The van der Waals surface area contributed by atoms with Gasteiger partial charge in [-0.15, -0.1) is 0 Å². The fourth-order valence-electron chi connectivity index (χ4n) is 1.51. The van der Waals surface area contributed by atoms with Gasteiger partial charge in [-0.1, -0.05) is 48.5 Å². The van der Waals surface area contributed by atoms with Gasteiger partial charge >= 0.3 is 0 Å². The predicted molar refractivity (Wildman–Crippen MR) is 61.6 cm³/mol. The first-order valence-electron chi connectivity index (χ1n) is 5.18. The topological polar surface area (TPSA) is 29.1 Å². The second-order valence-electron chi connectivity index (χ2n) is 3.73. The highest BCUT2D eigenvalue weighted by molar-refractivity contribution is 5.25. The molecule has 81 valence electrons. The lowest BCUT2D eigenvalue weighted by Crippen LogP contribution is -2.27. The van der Waals surface area contributed by atoms with E-state index in [1.807, 2.05) is 36.4 Å². The molecule has 2 aromatic carbocycles. The Morgan fingerprint density at radius 3 is 1.94 bits per heavy atom. The quantitative estimate of drug-likeness (QED) is 0.719. The Hall–Kier alpha value is -1.80. The number of rotatable bonds is 3. The Bertz CT molecular complexity index is 435. The Kier molecular flexibility index (Phi) is 2.93. The fourth-order valence-corrected chi connectivity index (χ4v) is 1.51. The van der Waals surface area contributed by atoms with E-state index in [1.165, 1.54) is 6.92 Å². The summed E-state index contributed by atoms with van der Waals surface area (Å²) in [5.41, 5.74) is 0.624. The molecule has 2 aromatic rings.